The molecule has 8 heteroatoms. The number of carbonyl (C=O) groups is 1. The zero-order valence-corrected chi connectivity index (χ0v) is 13.7. The van der Waals surface area contributed by atoms with E-state index in [1.807, 2.05) is 0 Å². The van der Waals surface area contributed by atoms with Crippen LogP contribution < -0.4 is 15.8 Å². The Labute approximate surface area is 127 Å². The van der Waals surface area contributed by atoms with Crippen LogP contribution in [0, 0.1) is 5.92 Å². The molecule has 4 N–H and O–H groups in total. The number of hydrogen-bond donors (Lipinski definition) is 3. The van der Waals surface area contributed by atoms with Crippen LogP contribution in [-0.4, -0.2) is 38.7 Å². The van der Waals surface area contributed by atoms with Gasteiger partial charge in [-0.25, -0.2) is 13.1 Å². The molecule has 20 heavy (non-hydrogen) atoms. The first-order valence-corrected chi connectivity index (χ1v) is 8.47. The van der Waals surface area contributed by atoms with Gasteiger partial charge in [0.25, 0.3) is 0 Å². The van der Waals surface area contributed by atoms with Crippen LogP contribution >= 0.6 is 12.4 Å². The molecule has 1 aliphatic rings. The van der Waals surface area contributed by atoms with Crippen LogP contribution in [0.1, 0.15) is 39.5 Å². The second kappa shape index (κ2) is 8.81. The fraction of sp³-hybridized carbons (Fsp3) is 0.917. The Balaban J connectivity index is 0.00000361. The molecule has 2 atom stereocenters. The first kappa shape index (κ1) is 19.6. The third-order valence-electron chi connectivity index (χ3n) is 3.27. The van der Waals surface area contributed by atoms with E-state index in [0.29, 0.717) is 6.42 Å². The first-order valence-electron chi connectivity index (χ1n) is 6.82. The number of rotatable bonds is 7. The van der Waals surface area contributed by atoms with Gasteiger partial charge in [-0.15, -0.1) is 12.4 Å². The van der Waals surface area contributed by atoms with E-state index in [9.17, 15) is 13.2 Å². The number of nitrogens with one attached hydrogen (secondary N) is 2. The van der Waals surface area contributed by atoms with Crippen molar-refractivity contribution in [1.29, 1.82) is 0 Å². The molecule has 1 amide bonds. The Morgan fingerprint density at radius 2 is 2.00 bits per heavy atom. The molecule has 6 nitrogen and oxygen atoms in total. The highest BCUT2D eigenvalue weighted by molar-refractivity contribution is 7.89. The summed E-state index contributed by atoms with van der Waals surface area (Å²) in [5.74, 6) is 0.0423. The lowest BCUT2D eigenvalue weighted by Gasteiger charge is -2.15. The van der Waals surface area contributed by atoms with Crippen LogP contribution in [0.2, 0.25) is 0 Å². The van der Waals surface area contributed by atoms with Crippen LogP contribution in [0.5, 0.6) is 0 Å². The largest absolute Gasteiger partial charge is 0.355 e. The Hall–Kier alpha value is -0.370. The van der Waals surface area contributed by atoms with Gasteiger partial charge in [-0.1, -0.05) is 6.42 Å². The molecule has 0 radical (unpaired) electrons. The lowest BCUT2D eigenvalue weighted by molar-refractivity contribution is -0.121. The van der Waals surface area contributed by atoms with Crippen molar-refractivity contribution >= 4 is 28.3 Å². The Morgan fingerprint density at radius 1 is 1.35 bits per heavy atom. The molecule has 0 aliphatic heterocycles. The molecule has 0 aromatic carbocycles. The van der Waals surface area contributed by atoms with E-state index >= 15 is 0 Å². The highest BCUT2D eigenvalue weighted by Gasteiger charge is 2.26. The smallest absolute Gasteiger partial charge is 0.220 e. The van der Waals surface area contributed by atoms with Crippen molar-refractivity contribution in [3.8, 4) is 0 Å². The summed E-state index contributed by atoms with van der Waals surface area (Å²) in [7, 11) is -3.30. The summed E-state index contributed by atoms with van der Waals surface area (Å²) in [5, 5.41) is 2.65. The normalized spacial score (nSPS) is 22.6. The molecule has 0 bridgehead atoms. The summed E-state index contributed by atoms with van der Waals surface area (Å²) in [6.45, 7) is 3.66. The van der Waals surface area contributed by atoms with Crippen molar-refractivity contribution in [2.45, 2.75) is 51.6 Å². The van der Waals surface area contributed by atoms with E-state index in [4.69, 9.17) is 5.73 Å². The highest BCUT2D eigenvalue weighted by atomic mass is 35.5. The van der Waals surface area contributed by atoms with Crippen molar-refractivity contribution in [1.82, 2.24) is 10.0 Å². The second-order valence-electron chi connectivity index (χ2n) is 5.50. The molecule has 0 heterocycles. The zero-order chi connectivity index (χ0) is 14.5. The molecule has 0 saturated heterocycles. The second-order valence-corrected chi connectivity index (χ2v) is 7.37. The summed E-state index contributed by atoms with van der Waals surface area (Å²) < 4.78 is 25.5. The molecule has 120 valence electrons. The number of amides is 1. The predicted molar refractivity (Wildman–Crippen MR) is 82.2 cm³/mol. The van der Waals surface area contributed by atoms with Crippen molar-refractivity contribution in [2.75, 3.05) is 12.3 Å². The number of nitrogens with two attached hydrogens (primary N) is 1. The molecule has 0 aromatic rings. The van der Waals surface area contributed by atoms with Crippen molar-refractivity contribution in [2.24, 2.45) is 11.7 Å². The SMILES string of the molecule is CC(C)NS(=O)(=O)CCNC(=O)C[C@@H]1CCC[C@H]1N.Cl. The van der Waals surface area contributed by atoms with Gasteiger partial charge < -0.3 is 11.1 Å². The Morgan fingerprint density at radius 3 is 2.50 bits per heavy atom. The molecular formula is C12H26ClN3O3S. The third-order valence-corrected chi connectivity index (χ3v) is 4.85. The number of hydrogen-bond acceptors (Lipinski definition) is 4. The summed E-state index contributed by atoms with van der Waals surface area (Å²) in [4.78, 5) is 11.7. The molecule has 0 aromatic heterocycles. The minimum atomic E-state index is -3.30. The van der Waals surface area contributed by atoms with Gasteiger partial charge in [0.2, 0.25) is 15.9 Å². The van der Waals surface area contributed by atoms with E-state index < -0.39 is 10.0 Å². The Kier molecular flexibility index (Phi) is 8.65. The van der Waals surface area contributed by atoms with Crippen molar-refractivity contribution in [3.05, 3.63) is 0 Å². The Bertz CT molecular complexity index is 401. The molecule has 0 spiro atoms. The molecule has 1 rings (SSSR count). The van der Waals surface area contributed by atoms with Crippen LogP contribution in [0.4, 0.5) is 0 Å². The molecule has 1 fully saturated rings. The summed E-state index contributed by atoms with van der Waals surface area (Å²) in [6.07, 6.45) is 3.44. The van der Waals surface area contributed by atoms with Gasteiger partial charge >= 0.3 is 0 Å². The van der Waals surface area contributed by atoms with Gasteiger partial charge in [0, 0.05) is 25.0 Å². The van der Waals surface area contributed by atoms with Crippen LogP contribution in [0.25, 0.3) is 0 Å². The molecule has 1 saturated carbocycles. The highest BCUT2D eigenvalue weighted by Crippen LogP contribution is 2.26. The topological polar surface area (TPSA) is 101 Å². The van der Waals surface area contributed by atoms with Gasteiger partial charge in [-0.05, 0) is 32.6 Å². The van der Waals surface area contributed by atoms with Gasteiger partial charge in [-0.2, -0.15) is 0 Å². The fourth-order valence-electron chi connectivity index (χ4n) is 2.37. The number of halogens is 1. The lowest BCUT2D eigenvalue weighted by Crippen LogP contribution is -2.38. The summed E-state index contributed by atoms with van der Waals surface area (Å²) in [6, 6.07) is -0.0192. The number of sulfonamides is 1. The fourth-order valence-corrected chi connectivity index (χ4v) is 3.58. The van der Waals surface area contributed by atoms with E-state index in [2.05, 4.69) is 10.0 Å². The average Bonchev–Trinajstić information content (AvgIpc) is 2.62. The third kappa shape index (κ3) is 7.42. The molecule has 1 aliphatic carbocycles. The van der Waals surface area contributed by atoms with Gasteiger partial charge in [0.05, 0.1) is 5.75 Å². The van der Waals surface area contributed by atoms with Crippen molar-refractivity contribution < 1.29 is 13.2 Å². The van der Waals surface area contributed by atoms with Gasteiger partial charge in [0.15, 0.2) is 0 Å². The van der Waals surface area contributed by atoms with Gasteiger partial charge in [-0.3, -0.25) is 4.79 Å². The minimum Gasteiger partial charge on any atom is -0.355 e. The predicted octanol–water partition coefficient (Wildman–Crippen LogP) is 0.370. The van der Waals surface area contributed by atoms with E-state index in [1.54, 1.807) is 13.8 Å². The maximum Gasteiger partial charge on any atom is 0.220 e. The van der Waals surface area contributed by atoms with Crippen LogP contribution in [0.3, 0.4) is 0 Å². The monoisotopic (exact) mass is 327 g/mol. The average molecular weight is 328 g/mol. The zero-order valence-electron chi connectivity index (χ0n) is 12.1. The first-order chi connectivity index (χ1) is 8.80. The minimum absolute atomic E-state index is 0. The molecular weight excluding hydrogens is 302 g/mol. The maximum absolute atomic E-state index is 11.7. The van der Waals surface area contributed by atoms with E-state index in [0.717, 1.165) is 19.3 Å². The summed E-state index contributed by atoms with van der Waals surface area (Å²) >= 11 is 0. The van der Waals surface area contributed by atoms with E-state index in [1.165, 1.54) is 0 Å². The standard InChI is InChI=1S/C12H25N3O3S.ClH/c1-9(2)15-19(17,18)7-6-14-12(16)8-10-4-3-5-11(10)13;/h9-11,15H,3-8,13H2,1-2H3,(H,14,16);1H/t10-,11+;/m0./s1. The molecule has 0 unspecified atom stereocenters. The van der Waals surface area contributed by atoms with Crippen molar-refractivity contribution in [3.63, 3.8) is 0 Å². The quantitative estimate of drug-likeness (QED) is 0.628. The van der Waals surface area contributed by atoms with E-state index in [-0.39, 0.29) is 48.6 Å². The van der Waals surface area contributed by atoms with Crippen LogP contribution in [0.15, 0.2) is 0 Å². The number of carbonyl (C=O) groups excluding carboxylic acids is 1. The van der Waals surface area contributed by atoms with Crippen LogP contribution in [-0.2, 0) is 14.8 Å². The van der Waals surface area contributed by atoms with Gasteiger partial charge in [0.1, 0.15) is 0 Å². The maximum atomic E-state index is 11.7. The lowest BCUT2D eigenvalue weighted by atomic mass is 10.00. The summed E-state index contributed by atoms with van der Waals surface area (Å²) in [5.41, 5.74) is 5.89.